The molecule has 0 spiro atoms. The number of urea groups is 1. The Morgan fingerprint density at radius 3 is 2.58 bits per heavy atom. The first-order chi connectivity index (χ1) is 15.0. The lowest BCUT2D eigenvalue weighted by atomic mass is 10.2. The minimum Gasteiger partial charge on any atom is -0.491 e. The van der Waals surface area contributed by atoms with E-state index in [9.17, 15) is 4.79 Å². The number of aromatic nitrogens is 2. The molecule has 1 aliphatic rings. The third-order valence-corrected chi connectivity index (χ3v) is 4.62. The number of nitrogen functional groups attached to an aromatic ring is 1. The zero-order valence-corrected chi connectivity index (χ0v) is 18.1. The highest BCUT2D eigenvalue weighted by atomic mass is 16.6. The molecule has 1 saturated heterocycles. The number of amides is 2. The molecule has 166 valence electrons. The molecule has 0 unspecified atom stereocenters. The Kier molecular flexibility index (Phi) is 7.47. The first kappa shape index (κ1) is 22.1. The van der Waals surface area contributed by atoms with Gasteiger partial charge in [0.1, 0.15) is 30.3 Å². The summed E-state index contributed by atoms with van der Waals surface area (Å²) in [6, 6.07) is 7.22. The van der Waals surface area contributed by atoms with E-state index in [4.69, 9.17) is 15.3 Å². The Hall–Kier alpha value is -3.56. The van der Waals surface area contributed by atoms with E-state index >= 15 is 0 Å². The van der Waals surface area contributed by atoms with E-state index in [1.54, 1.807) is 4.90 Å². The van der Waals surface area contributed by atoms with Crippen LogP contribution in [-0.4, -0.2) is 66.0 Å². The molecule has 0 radical (unpaired) electrons. The summed E-state index contributed by atoms with van der Waals surface area (Å²) in [6.45, 7) is 8.57. The summed E-state index contributed by atoms with van der Waals surface area (Å²) in [7, 11) is 0. The van der Waals surface area contributed by atoms with E-state index in [1.807, 2.05) is 45.0 Å². The maximum atomic E-state index is 12.7. The van der Waals surface area contributed by atoms with Gasteiger partial charge in [0.15, 0.2) is 0 Å². The minimum absolute atomic E-state index is 0.105. The van der Waals surface area contributed by atoms with Gasteiger partial charge in [0.05, 0.1) is 17.9 Å². The maximum Gasteiger partial charge on any atom is 0.321 e. The Balaban J connectivity index is 1.58. The number of oxime groups is 1. The van der Waals surface area contributed by atoms with Crippen molar-refractivity contribution in [2.75, 3.05) is 48.7 Å². The molecule has 1 aromatic carbocycles. The molecule has 2 amide bonds. The predicted molar refractivity (Wildman–Crippen MR) is 121 cm³/mol. The molecule has 0 aliphatic carbocycles. The second-order valence-electron chi connectivity index (χ2n) is 7.24. The molecule has 0 atom stereocenters. The van der Waals surface area contributed by atoms with Crippen LogP contribution in [0.3, 0.4) is 0 Å². The van der Waals surface area contributed by atoms with Crippen LogP contribution in [0.1, 0.15) is 26.3 Å². The van der Waals surface area contributed by atoms with Crippen molar-refractivity contribution in [1.29, 1.82) is 0 Å². The minimum atomic E-state index is -0.141. The summed E-state index contributed by atoms with van der Waals surface area (Å²) in [5.41, 5.74) is 7.33. The van der Waals surface area contributed by atoms with Gasteiger partial charge in [-0.2, -0.15) is 0 Å². The summed E-state index contributed by atoms with van der Waals surface area (Å²) < 4.78 is 5.63. The van der Waals surface area contributed by atoms with E-state index in [2.05, 4.69) is 25.3 Å². The van der Waals surface area contributed by atoms with E-state index < -0.39 is 0 Å². The fourth-order valence-electron chi connectivity index (χ4n) is 3.15. The average Bonchev–Trinajstić information content (AvgIpc) is 2.76. The Labute approximate surface area is 182 Å². The van der Waals surface area contributed by atoms with Crippen LogP contribution in [0.4, 0.5) is 22.1 Å². The molecule has 0 saturated carbocycles. The van der Waals surface area contributed by atoms with E-state index in [-0.39, 0.29) is 12.1 Å². The lowest BCUT2D eigenvalue weighted by molar-refractivity contribution is 0.160. The quantitative estimate of drug-likeness (QED) is 0.515. The van der Waals surface area contributed by atoms with Crippen molar-refractivity contribution in [1.82, 2.24) is 14.9 Å². The fourth-order valence-corrected chi connectivity index (χ4v) is 3.15. The van der Waals surface area contributed by atoms with Crippen molar-refractivity contribution in [3.8, 4) is 5.75 Å². The van der Waals surface area contributed by atoms with Gasteiger partial charge in [-0.15, -0.1) is 0 Å². The van der Waals surface area contributed by atoms with Gasteiger partial charge in [-0.3, -0.25) is 0 Å². The number of rotatable bonds is 7. The fraction of sp³-hybridized carbons (Fsp3) is 0.429. The molecule has 2 aromatic rings. The summed E-state index contributed by atoms with van der Waals surface area (Å²) in [4.78, 5) is 29.9. The Morgan fingerprint density at radius 1 is 1.23 bits per heavy atom. The second kappa shape index (κ2) is 10.5. The summed E-state index contributed by atoms with van der Waals surface area (Å²) in [5.74, 6) is 1.78. The van der Waals surface area contributed by atoms with Crippen LogP contribution in [0.25, 0.3) is 0 Å². The smallest absolute Gasteiger partial charge is 0.321 e. The van der Waals surface area contributed by atoms with Gasteiger partial charge in [-0.05, 0) is 45.0 Å². The van der Waals surface area contributed by atoms with Crippen molar-refractivity contribution in [2.24, 2.45) is 5.16 Å². The van der Waals surface area contributed by atoms with E-state index in [0.29, 0.717) is 50.0 Å². The topological polar surface area (TPSA) is 118 Å². The number of nitrogens with two attached hydrogens (primary N) is 1. The van der Waals surface area contributed by atoms with E-state index in [0.717, 1.165) is 11.4 Å². The molecule has 0 bridgehead atoms. The third-order valence-electron chi connectivity index (χ3n) is 4.62. The van der Waals surface area contributed by atoms with Crippen LogP contribution in [-0.2, 0) is 4.84 Å². The zero-order valence-electron chi connectivity index (χ0n) is 18.1. The van der Waals surface area contributed by atoms with Crippen LogP contribution >= 0.6 is 0 Å². The average molecular weight is 428 g/mol. The van der Waals surface area contributed by atoms with Crippen molar-refractivity contribution < 1.29 is 14.4 Å². The SMILES string of the molecule is CCON=Cc1c(N)ncnc1N1CCN(C(=O)Nc2ccc(OC(C)C)cc2)CC1. The molecule has 1 fully saturated rings. The molecule has 10 heteroatoms. The van der Waals surface area contributed by atoms with Gasteiger partial charge >= 0.3 is 6.03 Å². The first-order valence-corrected chi connectivity index (χ1v) is 10.3. The largest absolute Gasteiger partial charge is 0.491 e. The molecule has 3 N–H and O–H groups in total. The molecular formula is C21H29N7O3. The normalized spacial score (nSPS) is 14.2. The van der Waals surface area contributed by atoms with Crippen molar-refractivity contribution in [3.05, 3.63) is 36.2 Å². The number of hydrogen-bond acceptors (Lipinski definition) is 8. The van der Waals surface area contributed by atoms with Gasteiger partial charge < -0.3 is 30.4 Å². The highest BCUT2D eigenvalue weighted by molar-refractivity contribution is 5.92. The standard InChI is InChI=1S/C21H29N7O3/c1-4-30-25-13-18-19(22)23-14-24-20(18)27-9-11-28(12-10-27)21(29)26-16-5-7-17(8-6-16)31-15(2)3/h5-8,13-15H,4,9-12H2,1-3H3,(H,26,29)(H2,22,23,24). The Bertz CT molecular complexity index is 894. The maximum absolute atomic E-state index is 12.7. The van der Waals surface area contributed by atoms with Crippen molar-refractivity contribution in [2.45, 2.75) is 26.9 Å². The molecule has 3 rings (SSSR count). The van der Waals surface area contributed by atoms with Crippen molar-refractivity contribution >= 4 is 29.6 Å². The first-order valence-electron chi connectivity index (χ1n) is 10.3. The number of hydrogen-bond donors (Lipinski definition) is 2. The van der Waals surface area contributed by atoms with Crippen LogP contribution in [0.5, 0.6) is 5.75 Å². The molecule has 31 heavy (non-hydrogen) atoms. The Morgan fingerprint density at radius 2 is 1.94 bits per heavy atom. The number of carbonyl (C=O) groups is 1. The van der Waals surface area contributed by atoms with Crippen LogP contribution in [0.2, 0.25) is 0 Å². The molecule has 1 aromatic heterocycles. The van der Waals surface area contributed by atoms with Crippen LogP contribution < -0.4 is 20.7 Å². The number of piperazine rings is 1. The lowest BCUT2D eigenvalue weighted by Gasteiger charge is -2.35. The monoisotopic (exact) mass is 427 g/mol. The number of nitrogens with zero attached hydrogens (tertiary/aromatic N) is 5. The van der Waals surface area contributed by atoms with E-state index in [1.165, 1.54) is 12.5 Å². The van der Waals surface area contributed by atoms with Gasteiger partial charge in [0.25, 0.3) is 0 Å². The highest BCUT2D eigenvalue weighted by Gasteiger charge is 2.24. The summed E-state index contributed by atoms with van der Waals surface area (Å²) in [5, 5.41) is 6.82. The van der Waals surface area contributed by atoms with Gasteiger partial charge in [0.2, 0.25) is 0 Å². The second-order valence-corrected chi connectivity index (χ2v) is 7.24. The predicted octanol–water partition coefficient (Wildman–Crippen LogP) is 2.57. The van der Waals surface area contributed by atoms with Crippen LogP contribution in [0.15, 0.2) is 35.7 Å². The summed E-state index contributed by atoms with van der Waals surface area (Å²) >= 11 is 0. The highest BCUT2D eigenvalue weighted by Crippen LogP contribution is 2.22. The molecular weight excluding hydrogens is 398 g/mol. The number of carbonyl (C=O) groups excluding carboxylic acids is 1. The van der Waals surface area contributed by atoms with Gasteiger partial charge in [0, 0.05) is 31.9 Å². The van der Waals surface area contributed by atoms with Gasteiger partial charge in [-0.1, -0.05) is 5.16 Å². The summed E-state index contributed by atoms with van der Waals surface area (Å²) in [6.07, 6.45) is 3.06. The van der Waals surface area contributed by atoms with Gasteiger partial charge in [-0.25, -0.2) is 14.8 Å². The zero-order chi connectivity index (χ0) is 22.2. The number of benzene rings is 1. The third kappa shape index (κ3) is 5.97. The number of nitrogens with one attached hydrogen (secondary N) is 1. The molecule has 2 heterocycles. The van der Waals surface area contributed by atoms with Crippen LogP contribution in [0, 0.1) is 0 Å². The van der Waals surface area contributed by atoms with Crippen molar-refractivity contribution in [3.63, 3.8) is 0 Å². The lowest BCUT2D eigenvalue weighted by Crippen LogP contribution is -2.50. The number of anilines is 3. The molecule has 10 nitrogen and oxygen atoms in total. The molecule has 1 aliphatic heterocycles. The number of ether oxygens (including phenoxy) is 1.